The van der Waals surface area contributed by atoms with Gasteiger partial charge in [0.1, 0.15) is 23.7 Å². The van der Waals surface area contributed by atoms with Crippen molar-refractivity contribution in [3.8, 4) is 11.3 Å². The number of aliphatic hydroxyl groups is 1. The normalized spacial score (nSPS) is 12.9. The molecule has 4 N–H and O–H groups in total. The molecule has 12 heteroatoms. The summed E-state index contributed by atoms with van der Waals surface area (Å²) >= 11 is 0. The molecular formula is C42H58FN5O6. The Kier molecular flexibility index (Phi) is 17.0. The molecule has 4 rings (SSSR count). The fourth-order valence-corrected chi connectivity index (χ4v) is 4.95. The van der Waals surface area contributed by atoms with E-state index in [-0.39, 0.29) is 35.7 Å². The van der Waals surface area contributed by atoms with Crippen LogP contribution in [0.5, 0.6) is 0 Å². The third-order valence-corrected chi connectivity index (χ3v) is 8.27. The molecule has 1 saturated carbocycles. The van der Waals surface area contributed by atoms with Gasteiger partial charge in [0, 0.05) is 48.3 Å². The molecule has 0 saturated heterocycles. The van der Waals surface area contributed by atoms with Gasteiger partial charge in [0.25, 0.3) is 11.5 Å². The number of aromatic nitrogens is 2. The van der Waals surface area contributed by atoms with Crippen LogP contribution in [0.4, 0.5) is 15.8 Å². The first kappa shape index (κ1) is 45.1. The summed E-state index contributed by atoms with van der Waals surface area (Å²) < 4.78 is 27.6. The molecule has 0 spiro atoms. The van der Waals surface area contributed by atoms with Gasteiger partial charge in [-0.05, 0) is 75.1 Å². The van der Waals surface area contributed by atoms with Crippen LogP contribution in [0.1, 0.15) is 122 Å². The molecule has 0 unspecified atom stereocenters. The van der Waals surface area contributed by atoms with Crippen LogP contribution in [0.3, 0.4) is 0 Å². The molecule has 1 aliphatic rings. The van der Waals surface area contributed by atoms with Crippen LogP contribution in [0.2, 0.25) is 0 Å². The lowest BCUT2D eigenvalue weighted by molar-refractivity contribution is -0.142. The minimum atomic E-state index is -0.793. The predicted molar refractivity (Wildman–Crippen MR) is 215 cm³/mol. The molecule has 1 fully saturated rings. The SMILES string of the molecule is C1CCC1.CC.CC(=O)OCc1c(NC(=O)c2c(F)cc(C(C)(C)C)cc2C=N)cccc1-c1cc(N/C(C)=C/C=C(\C)OC(C)(C)CO)c(=O)n(C)n1. The van der Waals surface area contributed by atoms with Crippen molar-refractivity contribution in [1.82, 2.24) is 9.78 Å². The second-order valence-electron chi connectivity index (χ2n) is 14.4. The molecule has 0 aliphatic heterocycles. The molecule has 54 heavy (non-hydrogen) atoms. The number of nitrogens with one attached hydrogen (secondary N) is 3. The van der Waals surface area contributed by atoms with Crippen LogP contribution < -0.4 is 16.2 Å². The molecule has 2 aromatic carbocycles. The van der Waals surface area contributed by atoms with Crippen molar-refractivity contribution in [2.75, 3.05) is 17.2 Å². The summed E-state index contributed by atoms with van der Waals surface area (Å²) in [5.74, 6) is -1.57. The monoisotopic (exact) mass is 747 g/mol. The van der Waals surface area contributed by atoms with Gasteiger partial charge in [0.2, 0.25) is 0 Å². The fourth-order valence-electron chi connectivity index (χ4n) is 4.95. The van der Waals surface area contributed by atoms with Gasteiger partial charge in [-0.25, -0.2) is 9.07 Å². The van der Waals surface area contributed by atoms with Crippen molar-refractivity contribution in [3.63, 3.8) is 0 Å². The number of ether oxygens (including phenoxy) is 2. The second kappa shape index (κ2) is 20.4. The molecule has 0 atom stereocenters. The van der Waals surface area contributed by atoms with Crippen molar-refractivity contribution in [3.05, 3.63) is 98.4 Å². The quantitative estimate of drug-likeness (QED) is 0.0620. The number of nitrogens with zero attached hydrogens (tertiary/aromatic N) is 2. The summed E-state index contributed by atoms with van der Waals surface area (Å²) in [4.78, 5) is 38.4. The maximum atomic E-state index is 15.4. The number of hydrogen-bond donors (Lipinski definition) is 4. The number of esters is 1. The Morgan fingerprint density at radius 1 is 0.981 bits per heavy atom. The molecule has 0 bridgehead atoms. The fraction of sp³-hybridized carbons (Fsp3) is 0.452. The predicted octanol–water partition coefficient (Wildman–Crippen LogP) is 8.79. The van der Waals surface area contributed by atoms with Crippen molar-refractivity contribution in [2.45, 2.75) is 113 Å². The maximum Gasteiger partial charge on any atom is 0.302 e. The Hall–Kier alpha value is -5.10. The topological polar surface area (TPSA) is 156 Å². The van der Waals surface area contributed by atoms with Crippen LogP contribution in [0.25, 0.3) is 11.3 Å². The van der Waals surface area contributed by atoms with Gasteiger partial charge < -0.3 is 30.6 Å². The lowest BCUT2D eigenvalue weighted by Gasteiger charge is -2.24. The van der Waals surface area contributed by atoms with Crippen molar-refractivity contribution >= 4 is 29.5 Å². The van der Waals surface area contributed by atoms with Gasteiger partial charge in [-0.2, -0.15) is 5.10 Å². The zero-order valence-corrected chi connectivity index (χ0v) is 33.7. The summed E-state index contributed by atoms with van der Waals surface area (Å²) in [5, 5.41) is 27.6. The van der Waals surface area contributed by atoms with E-state index in [9.17, 15) is 19.5 Å². The Bertz CT molecular complexity index is 1900. The zero-order chi connectivity index (χ0) is 40.8. The number of benzene rings is 2. The summed E-state index contributed by atoms with van der Waals surface area (Å²) in [6.07, 6.45) is 10.4. The summed E-state index contributed by atoms with van der Waals surface area (Å²) in [5.41, 5.74) is 1.03. The van der Waals surface area contributed by atoms with Crippen molar-refractivity contribution in [1.29, 1.82) is 5.41 Å². The molecule has 1 amide bonds. The maximum absolute atomic E-state index is 15.4. The number of allylic oxidation sites excluding steroid dienone is 4. The number of carbonyl (C=O) groups excluding carboxylic acids is 2. The molecule has 1 heterocycles. The second-order valence-corrected chi connectivity index (χ2v) is 14.4. The Labute approximate surface area is 319 Å². The number of carbonyl (C=O) groups is 2. The smallest absolute Gasteiger partial charge is 0.302 e. The standard InChI is InChI=1S/C36H44FN5O6.C4H8.C2H6/c1-21(13-14-22(2)48-36(7,8)20-43)39-31-17-30(41-42(9)34(31)46)26-11-10-12-29(27(26)19-47-23(3)44)40-33(45)32-24(18-38)15-25(16-28(32)37)35(4,5)6;1-2-4-3-1;1-2/h10-18,38-39,43H,19-20H2,1-9H3,(H,40,45);1-4H2;1-2H3/b21-13+,22-14+,38-18?;;. The van der Waals surface area contributed by atoms with E-state index < -0.39 is 34.3 Å². The molecule has 3 aromatic rings. The Balaban J connectivity index is 0.00000155. The van der Waals surface area contributed by atoms with E-state index in [2.05, 4.69) is 15.7 Å². The number of hydrogen-bond acceptors (Lipinski definition) is 9. The number of aliphatic hydroxyl groups excluding tert-OH is 1. The summed E-state index contributed by atoms with van der Waals surface area (Å²) in [6, 6.07) is 9.36. The number of aryl methyl sites for hydroxylation is 1. The first-order chi connectivity index (χ1) is 25.4. The highest BCUT2D eigenvalue weighted by molar-refractivity contribution is 6.10. The average Bonchev–Trinajstić information content (AvgIpc) is 3.07. The highest BCUT2D eigenvalue weighted by atomic mass is 19.1. The minimum Gasteiger partial charge on any atom is -0.490 e. The minimum absolute atomic E-state index is 0.114. The van der Waals surface area contributed by atoms with E-state index >= 15 is 4.39 Å². The molecular weight excluding hydrogens is 689 g/mol. The van der Waals surface area contributed by atoms with Gasteiger partial charge in [-0.1, -0.05) is 72.4 Å². The van der Waals surface area contributed by atoms with Crippen LogP contribution in [0, 0.1) is 11.2 Å². The number of rotatable bonds is 12. The zero-order valence-electron chi connectivity index (χ0n) is 33.7. The largest absolute Gasteiger partial charge is 0.490 e. The van der Waals surface area contributed by atoms with E-state index in [1.807, 2.05) is 34.6 Å². The summed E-state index contributed by atoms with van der Waals surface area (Å²) in [7, 11) is 1.49. The Morgan fingerprint density at radius 2 is 1.61 bits per heavy atom. The van der Waals surface area contributed by atoms with Gasteiger partial charge in [-0.15, -0.1) is 0 Å². The third-order valence-electron chi connectivity index (χ3n) is 8.27. The first-order valence-electron chi connectivity index (χ1n) is 18.3. The van der Waals surface area contributed by atoms with Gasteiger partial charge in [0.05, 0.1) is 23.6 Å². The number of anilines is 2. The third kappa shape index (κ3) is 13.1. The van der Waals surface area contributed by atoms with Gasteiger partial charge in [0.15, 0.2) is 0 Å². The van der Waals surface area contributed by atoms with Crippen LogP contribution in [0.15, 0.2) is 64.8 Å². The summed E-state index contributed by atoms with van der Waals surface area (Å²) in [6.45, 7) is 17.6. The number of halogens is 1. The van der Waals surface area contributed by atoms with Crippen molar-refractivity contribution < 1.29 is 28.6 Å². The van der Waals surface area contributed by atoms with Crippen LogP contribution in [-0.4, -0.2) is 45.2 Å². The Morgan fingerprint density at radius 3 is 2.15 bits per heavy atom. The van der Waals surface area contributed by atoms with E-state index in [1.54, 1.807) is 64.1 Å². The van der Waals surface area contributed by atoms with Crippen LogP contribution in [-0.2, 0) is 33.3 Å². The molecule has 11 nitrogen and oxygen atoms in total. The molecule has 294 valence electrons. The lowest BCUT2D eigenvalue weighted by Crippen LogP contribution is -2.28. The molecule has 1 aromatic heterocycles. The highest BCUT2D eigenvalue weighted by Gasteiger charge is 2.24. The van der Waals surface area contributed by atoms with Gasteiger partial charge in [-0.3, -0.25) is 14.4 Å². The van der Waals surface area contributed by atoms with Gasteiger partial charge >= 0.3 is 5.97 Å². The highest BCUT2D eigenvalue weighted by Crippen LogP contribution is 2.32. The van der Waals surface area contributed by atoms with E-state index in [4.69, 9.17) is 14.9 Å². The van der Waals surface area contributed by atoms with Crippen LogP contribution >= 0.6 is 0 Å². The van der Waals surface area contributed by atoms with Crippen molar-refractivity contribution in [2.24, 2.45) is 7.05 Å². The number of amides is 1. The van der Waals surface area contributed by atoms with E-state index in [0.29, 0.717) is 33.8 Å². The van der Waals surface area contributed by atoms with E-state index in [1.165, 1.54) is 51.8 Å². The molecule has 1 aliphatic carbocycles. The molecule has 0 radical (unpaired) electrons. The lowest BCUT2D eigenvalue weighted by atomic mass is 9.85. The average molecular weight is 748 g/mol. The van der Waals surface area contributed by atoms with E-state index in [0.717, 1.165) is 10.9 Å². The first-order valence-corrected chi connectivity index (χ1v) is 18.3.